The lowest BCUT2D eigenvalue weighted by Crippen LogP contribution is -2.37. The van der Waals surface area contributed by atoms with Gasteiger partial charge in [0.05, 0.1) is 5.69 Å². The first-order valence-electron chi connectivity index (χ1n) is 6.40. The van der Waals surface area contributed by atoms with E-state index in [0.717, 1.165) is 18.2 Å². The van der Waals surface area contributed by atoms with E-state index < -0.39 is 0 Å². The first-order valence-corrected chi connectivity index (χ1v) is 6.40. The topological polar surface area (TPSA) is 55.0 Å². The molecular formula is C14H26N4. The van der Waals surface area contributed by atoms with E-state index in [2.05, 4.69) is 49.5 Å². The van der Waals surface area contributed by atoms with Gasteiger partial charge in [-0.25, -0.2) is 9.97 Å². The summed E-state index contributed by atoms with van der Waals surface area (Å²) in [6.45, 7) is 12.3. The molecule has 0 aliphatic carbocycles. The number of nitrogens with zero attached hydrogens (tertiary/aromatic N) is 3. The van der Waals surface area contributed by atoms with Gasteiger partial charge < -0.3 is 10.6 Å². The van der Waals surface area contributed by atoms with Crippen molar-refractivity contribution in [3.05, 3.63) is 18.0 Å². The van der Waals surface area contributed by atoms with Crippen LogP contribution in [0.15, 0.2) is 12.3 Å². The van der Waals surface area contributed by atoms with Crippen LogP contribution in [-0.2, 0) is 5.41 Å². The Labute approximate surface area is 111 Å². The van der Waals surface area contributed by atoms with Gasteiger partial charge in [-0.2, -0.15) is 0 Å². The Morgan fingerprint density at radius 2 is 1.83 bits per heavy atom. The van der Waals surface area contributed by atoms with Crippen LogP contribution in [0, 0.1) is 5.41 Å². The molecule has 2 N–H and O–H groups in total. The molecule has 1 heterocycles. The van der Waals surface area contributed by atoms with Crippen molar-refractivity contribution < 1.29 is 0 Å². The molecule has 0 radical (unpaired) electrons. The molecule has 0 fully saturated rings. The smallest absolute Gasteiger partial charge is 0.225 e. The normalized spacial score (nSPS) is 12.6. The molecule has 0 saturated carbocycles. The van der Waals surface area contributed by atoms with E-state index in [1.165, 1.54) is 0 Å². The molecule has 102 valence electrons. The summed E-state index contributed by atoms with van der Waals surface area (Å²) in [4.78, 5) is 11.1. The second kappa shape index (κ2) is 5.22. The second-order valence-electron chi connectivity index (χ2n) is 6.72. The van der Waals surface area contributed by atoms with E-state index in [1.807, 2.05) is 19.3 Å². The fourth-order valence-corrected chi connectivity index (χ4v) is 1.73. The van der Waals surface area contributed by atoms with Gasteiger partial charge in [0.2, 0.25) is 5.95 Å². The van der Waals surface area contributed by atoms with Crippen molar-refractivity contribution in [3.63, 3.8) is 0 Å². The van der Waals surface area contributed by atoms with Gasteiger partial charge in [0.1, 0.15) is 0 Å². The van der Waals surface area contributed by atoms with Crippen LogP contribution in [0.3, 0.4) is 0 Å². The maximum atomic E-state index is 5.76. The van der Waals surface area contributed by atoms with E-state index in [4.69, 9.17) is 5.73 Å². The van der Waals surface area contributed by atoms with Crippen LogP contribution in [-0.4, -0.2) is 30.1 Å². The fraction of sp³-hybridized carbons (Fsp3) is 0.714. The quantitative estimate of drug-likeness (QED) is 0.890. The molecule has 1 rings (SSSR count). The maximum absolute atomic E-state index is 5.76. The first kappa shape index (κ1) is 14.9. The van der Waals surface area contributed by atoms with Crippen molar-refractivity contribution in [3.8, 4) is 0 Å². The summed E-state index contributed by atoms with van der Waals surface area (Å²) in [5.74, 6) is 0.768. The van der Waals surface area contributed by atoms with E-state index in [0.29, 0.717) is 6.54 Å². The number of hydrogen-bond acceptors (Lipinski definition) is 4. The van der Waals surface area contributed by atoms with Crippen LogP contribution in [0.25, 0.3) is 0 Å². The number of anilines is 1. The molecule has 1 aromatic rings. The van der Waals surface area contributed by atoms with Crippen LogP contribution in [0.4, 0.5) is 5.95 Å². The SMILES string of the molecule is CN(CC(C)(C)CN)c1nccc(C(C)(C)C)n1. The maximum Gasteiger partial charge on any atom is 0.225 e. The summed E-state index contributed by atoms with van der Waals surface area (Å²) in [7, 11) is 2.01. The standard InChI is InChI=1S/C14H26N4/c1-13(2,3)11-7-8-16-12(17-11)18(6)10-14(4,5)9-15/h7-8H,9-10,15H2,1-6H3. The minimum absolute atomic E-state index is 0.0436. The summed E-state index contributed by atoms with van der Waals surface area (Å²) in [6, 6.07) is 1.98. The van der Waals surface area contributed by atoms with Gasteiger partial charge in [0.15, 0.2) is 0 Å². The molecule has 0 aromatic carbocycles. The highest BCUT2D eigenvalue weighted by atomic mass is 15.2. The number of hydrogen-bond donors (Lipinski definition) is 1. The Morgan fingerprint density at radius 3 is 2.33 bits per heavy atom. The largest absolute Gasteiger partial charge is 0.343 e. The highest BCUT2D eigenvalue weighted by molar-refractivity contribution is 5.31. The Kier molecular flexibility index (Phi) is 4.32. The molecule has 0 unspecified atom stereocenters. The number of nitrogens with two attached hydrogens (primary N) is 1. The van der Waals surface area contributed by atoms with Gasteiger partial charge in [-0.1, -0.05) is 34.6 Å². The highest BCUT2D eigenvalue weighted by Crippen LogP contribution is 2.22. The molecule has 0 aliphatic heterocycles. The third-order valence-electron chi connectivity index (χ3n) is 2.97. The molecule has 0 amide bonds. The molecular weight excluding hydrogens is 224 g/mol. The average molecular weight is 250 g/mol. The Balaban J connectivity index is 2.90. The van der Waals surface area contributed by atoms with E-state index in [1.54, 1.807) is 0 Å². The van der Waals surface area contributed by atoms with Crippen LogP contribution in [0.2, 0.25) is 0 Å². The second-order valence-corrected chi connectivity index (χ2v) is 6.72. The van der Waals surface area contributed by atoms with Gasteiger partial charge in [0.25, 0.3) is 0 Å². The molecule has 0 saturated heterocycles. The first-order chi connectivity index (χ1) is 8.15. The van der Waals surface area contributed by atoms with Gasteiger partial charge in [-0.3, -0.25) is 0 Å². The molecule has 4 heteroatoms. The summed E-state index contributed by atoms with van der Waals surface area (Å²) in [6.07, 6.45) is 1.83. The Bertz CT molecular complexity index is 393. The van der Waals surface area contributed by atoms with Crippen LogP contribution < -0.4 is 10.6 Å². The van der Waals surface area contributed by atoms with Gasteiger partial charge in [0, 0.05) is 25.2 Å². The molecule has 4 nitrogen and oxygen atoms in total. The monoisotopic (exact) mass is 250 g/mol. The lowest BCUT2D eigenvalue weighted by atomic mass is 9.92. The third-order valence-corrected chi connectivity index (χ3v) is 2.97. The molecule has 0 atom stereocenters. The Morgan fingerprint density at radius 1 is 1.22 bits per heavy atom. The summed E-state index contributed by atoms with van der Waals surface area (Å²) < 4.78 is 0. The van der Waals surface area contributed by atoms with E-state index in [-0.39, 0.29) is 10.8 Å². The fourth-order valence-electron chi connectivity index (χ4n) is 1.73. The number of aromatic nitrogens is 2. The van der Waals surface area contributed by atoms with Crippen molar-refractivity contribution in [2.45, 2.75) is 40.0 Å². The minimum Gasteiger partial charge on any atom is -0.343 e. The van der Waals surface area contributed by atoms with Crippen molar-refractivity contribution >= 4 is 5.95 Å². The van der Waals surface area contributed by atoms with Crippen LogP contribution in [0.1, 0.15) is 40.3 Å². The summed E-state index contributed by atoms with van der Waals surface area (Å²) in [5.41, 5.74) is 6.93. The summed E-state index contributed by atoms with van der Waals surface area (Å²) >= 11 is 0. The van der Waals surface area contributed by atoms with Gasteiger partial charge >= 0.3 is 0 Å². The minimum atomic E-state index is 0.0436. The van der Waals surface area contributed by atoms with Gasteiger partial charge in [-0.15, -0.1) is 0 Å². The zero-order chi connectivity index (χ0) is 14.0. The molecule has 1 aromatic heterocycles. The van der Waals surface area contributed by atoms with Crippen molar-refractivity contribution in [1.29, 1.82) is 0 Å². The van der Waals surface area contributed by atoms with Crippen LogP contribution >= 0.6 is 0 Å². The predicted molar refractivity (Wildman–Crippen MR) is 76.8 cm³/mol. The predicted octanol–water partition coefficient (Wildman–Crippen LogP) is 2.20. The third kappa shape index (κ3) is 3.95. The lowest BCUT2D eigenvalue weighted by Gasteiger charge is -2.29. The van der Waals surface area contributed by atoms with E-state index >= 15 is 0 Å². The van der Waals surface area contributed by atoms with Crippen molar-refractivity contribution in [1.82, 2.24) is 9.97 Å². The zero-order valence-electron chi connectivity index (χ0n) is 12.5. The van der Waals surface area contributed by atoms with Crippen molar-refractivity contribution in [2.24, 2.45) is 11.1 Å². The van der Waals surface area contributed by atoms with Crippen LogP contribution in [0.5, 0.6) is 0 Å². The highest BCUT2D eigenvalue weighted by Gasteiger charge is 2.21. The molecule has 0 spiro atoms. The van der Waals surface area contributed by atoms with Gasteiger partial charge in [-0.05, 0) is 18.0 Å². The van der Waals surface area contributed by atoms with E-state index in [9.17, 15) is 0 Å². The number of rotatable bonds is 4. The lowest BCUT2D eigenvalue weighted by molar-refractivity contribution is 0.383. The summed E-state index contributed by atoms with van der Waals surface area (Å²) in [5, 5.41) is 0. The molecule has 18 heavy (non-hydrogen) atoms. The zero-order valence-corrected chi connectivity index (χ0v) is 12.5. The van der Waals surface area contributed by atoms with Crippen molar-refractivity contribution in [2.75, 3.05) is 25.0 Å². The Hall–Kier alpha value is -1.16. The average Bonchev–Trinajstić information content (AvgIpc) is 2.27. The molecule has 0 aliphatic rings. The molecule has 0 bridgehead atoms.